The van der Waals surface area contributed by atoms with Gasteiger partial charge < -0.3 is 4.57 Å². The third-order valence-corrected chi connectivity index (χ3v) is 1.56. The van der Waals surface area contributed by atoms with E-state index < -0.39 is 6.68 Å². The van der Waals surface area contributed by atoms with Crippen molar-refractivity contribution in [2.75, 3.05) is 0 Å². The van der Waals surface area contributed by atoms with Crippen LogP contribution in [0.3, 0.4) is 0 Å². The molecule has 0 atom stereocenters. The highest BCUT2D eigenvalue weighted by Crippen LogP contribution is 2.04. The van der Waals surface area contributed by atoms with E-state index in [2.05, 4.69) is 4.98 Å². The van der Waals surface area contributed by atoms with Crippen molar-refractivity contribution in [3.63, 3.8) is 0 Å². The van der Waals surface area contributed by atoms with Crippen LogP contribution in [0.15, 0.2) is 49.1 Å². The van der Waals surface area contributed by atoms with Crippen LogP contribution >= 0.6 is 0 Å². The quantitative estimate of drug-likeness (QED) is 0.713. The molecule has 0 amide bonds. The second kappa shape index (κ2) is 5.85. The number of imidazole rings is 1. The van der Waals surface area contributed by atoms with Gasteiger partial charge in [-0.3, -0.25) is 0 Å². The minimum atomic E-state index is -3.67. The largest absolute Gasteiger partial charge is 0.379 e. The number of para-hydroxylation sites is 1. The number of hydrogen-bond acceptors (Lipinski definition) is 1. The maximum absolute atomic E-state index is 9.67. The fraction of sp³-hybridized carbons (Fsp3) is 0.100. The van der Waals surface area contributed by atoms with Crippen LogP contribution in [0.1, 0.15) is 0 Å². The van der Waals surface area contributed by atoms with Gasteiger partial charge in [0.2, 0.25) is 0 Å². The third kappa shape index (κ3) is 4.30. The van der Waals surface area contributed by atoms with E-state index in [9.17, 15) is 13.2 Å². The topological polar surface area (TPSA) is 17.8 Å². The fourth-order valence-corrected chi connectivity index (χ4v) is 1.01. The molecule has 0 aliphatic heterocycles. The molecule has 0 radical (unpaired) electrons. The molecule has 5 heteroatoms. The second-order valence-electron chi connectivity index (χ2n) is 2.55. The average molecular weight is 214 g/mol. The van der Waals surface area contributed by atoms with Gasteiger partial charge in [-0.05, 0) is 12.1 Å². The van der Waals surface area contributed by atoms with Gasteiger partial charge in [0.25, 0.3) is 0 Å². The Bertz CT molecular complexity index is 357. The monoisotopic (exact) mass is 214 g/mol. The predicted octanol–water partition coefficient (Wildman–Crippen LogP) is 3.05. The molecule has 80 valence electrons. The summed E-state index contributed by atoms with van der Waals surface area (Å²) < 4.78 is 31.0. The van der Waals surface area contributed by atoms with Crippen molar-refractivity contribution in [1.29, 1.82) is 0 Å². The summed E-state index contributed by atoms with van der Waals surface area (Å²) in [5, 5.41) is 0. The molecule has 0 fully saturated rings. The van der Waals surface area contributed by atoms with E-state index >= 15 is 0 Å². The molecule has 0 aliphatic rings. The molecular weight excluding hydrogens is 205 g/mol. The molecule has 2 nitrogen and oxygen atoms in total. The first-order valence-electron chi connectivity index (χ1n) is 4.16. The summed E-state index contributed by atoms with van der Waals surface area (Å²) in [6.07, 6.45) is 5.48. The maximum atomic E-state index is 9.67. The molecule has 0 unspecified atom stereocenters. The number of hydrogen-bond donors (Lipinski definition) is 0. The molecule has 15 heavy (non-hydrogen) atoms. The SMILES string of the molecule is FC(F)F.c1ccc(-n2ccnc2)cc1. The van der Waals surface area contributed by atoms with Gasteiger partial charge in [-0.1, -0.05) is 18.2 Å². The van der Waals surface area contributed by atoms with Gasteiger partial charge in [0.15, 0.2) is 0 Å². The summed E-state index contributed by atoms with van der Waals surface area (Å²) in [5.41, 5.74) is 1.14. The first-order chi connectivity index (χ1) is 7.20. The second-order valence-corrected chi connectivity index (χ2v) is 2.55. The molecule has 1 aromatic carbocycles. The standard InChI is InChI=1S/C9H8N2.CHF3/c1-2-4-9(5-3-1)11-7-6-10-8-11;2-1(3)4/h1-8H;1H. The Labute approximate surface area is 85.0 Å². The van der Waals surface area contributed by atoms with Gasteiger partial charge >= 0.3 is 6.68 Å². The zero-order valence-electron chi connectivity index (χ0n) is 7.72. The van der Waals surface area contributed by atoms with Crippen LogP contribution < -0.4 is 0 Å². The highest BCUT2D eigenvalue weighted by molar-refractivity contribution is 5.30. The normalized spacial score (nSPS) is 9.60. The molecule has 1 aromatic heterocycles. The lowest BCUT2D eigenvalue weighted by molar-refractivity contribution is 0.00819. The Balaban J connectivity index is 0.000000245. The number of aromatic nitrogens is 2. The molecule has 1 heterocycles. The maximum Gasteiger partial charge on any atom is 0.379 e. The minimum Gasteiger partial charge on any atom is -0.306 e. The highest BCUT2D eigenvalue weighted by Gasteiger charge is 1.89. The highest BCUT2D eigenvalue weighted by atomic mass is 19.4. The van der Waals surface area contributed by atoms with Gasteiger partial charge in [-0.2, -0.15) is 13.2 Å². The van der Waals surface area contributed by atoms with Crippen LogP contribution in [0.2, 0.25) is 0 Å². The molecule has 2 rings (SSSR count). The lowest BCUT2D eigenvalue weighted by atomic mass is 10.3. The fourth-order valence-electron chi connectivity index (χ4n) is 1.01. The van der Waals surface area contributed by atoms with E-state index in [1.807, 2.05) is 41.1 Å². The molecule has 0 spiro atoms. The van der Waals surface area contributed by atoms with Crippen molar-refractivity contribution in [3.8, 4) is 5.69 Å². The molecule has 0 saturated carbocycles. The van der Waals surface area contributed by atoms with Crippen LogP contribution in [0.25, 0.3) is 5.69 Å². The summed E-state index contributed by atoms with van der Waals surface area (Å²) >= 11 is 0. The smallest absolute Gasteiger partial charge is 0.306 e. The zero-order chi connectivity index (χ0) is 11.1. The zero-order valence-corrected chi connectivity index (χ0v) is 7.72. The van der Waals surface area contributed by atoms with Gasteiger partial charge in [-0.15, -0.1) is 0 Å². The third-order valence-electron chi connectivity index (χ3n) is 1.56. The lowest BCUT2D eigenvalue weighted by Crippen LogP contribution is -1.87. The van der Waals surface area contributed by atoms with E-state index in [0.29, 0.717) is 0 Å². The van der Waals surface area contributed by atoms with E-state index in [-0.39, 0.29) is 0 Å². The summed E-state index contributed by atoms with van der Waals surface area (Å²) in [6.45, 7) is -3.67. The Morgan fingerprint density at radius 3 is 2.13 bits per heavy atom. The van der Waals surface area contributed by atoms with Crippen molar-refractivity contribution < 1.29 is 13.2 Å². The number of alkyl halides is 3. The first kappa shape index (κ1) is 11.3. The van der Waals surface area contributed by atoms with Gasteiger partial charge in [-0.25, -0.2) is 4.98 Å². The van der Waals surface area contributed by atoms with Crippen LogP contribution in [0.5, 0.6) is 0 Å². The van der Waals surface area contributed by atoms with Gasteiger partial charge in [0.1, 0.15) is 0 Å². The van der Waals surface area contributed by atoms with Crippen molar-refractivity contribution in [2.45, 2.75) is 6.68 Å². The van der Waals surface area contributed by atoms with E-state index in [1.165, 1.54) is 0 Å². The Hall–Kier alpha value is -1.78. The number of benzene rings is 1. The van der Waals surface area contributed by atoms with Crippen LogP contribution in [0, 0.1) is 0 Å². The van der Waals surface area contributed by atoms with Crippen LogP contribution in [0.4, 0.5) is 13.2 Å². The van der Waals surface area contributed by atoms with Crippen LogP contribution in [-0.4, -0.2) is 16.2 Å². The van der Waals surface area contributed by atoms with Crippen molar-refractivity contribution in [2.24, 2.45) is 0 Å². The molecule has 0 N–H and O–H groups in total. The molecule has 2 aromatic rings. The molecule has 0 bridgehead atoms. The van der Waals surface area contributed by atoms with Crippen LogP contribution in [-0.2, 0) is 0 Å². The summed E-state index contributed by atoms with van der Waals surface area (Å²) in [4.78, 5) is 3.96. The number of rotatable bonds is 1. The Morgan fingerprint density at radius 1 is 1.07 bits per heavy atom. The Kier molecular flexibility index (Phi) is 4.40. The minimum absolute atomic E-state index is 1.14. The Morgan fingerprint density at radius 2 is 1.67 bits per heavy atom. The molecular formula is C10H9F3N2. The van der Waals surface area contributed by atoms with Crippen molar-refractivity contribution >= 4 is 0 Å². The summed E-state index contributed by atoms with van der Waals surface area (Å²) in [7, 11) is 0. The van der Waals surface area contributed by atoms with Crippen molar-refractivity contribution in [1.82, 2.24) is 9.55 Å². The van der Waals surface area contributed by atoms with E-state index in [4.69, 9.17) is 0 Å². The number of halogens is 3. The van der Waals surface area contributed by atoms with Gasteiger partial charge in [0, 0.05) is 18.1 Å². The number of nitrogens with zero attached hydrogens (tertiary/aromatic N) is 2. The predicted molar refractivity (Wildman–Crippen MR) is 50.7 cm³/mol. The van der Waals surface area contributed by atoms with E-state index in [0.717, 1.165) is 5.69 Å². The summed E-state index contributed by atoms with van der Waals surface area (Å²) in [6, 6.07) is 10.1. The van der Waals surface area contributed by atoms with E-state index in [1.54, 1.807) is 12.5 Å². The molecule has 0 saturated heterocycles. The van der Waals surface area contributed by atoms with Crippen molar-refractivity contribution in [3.05, 3.63) is 49.1 Å². The first-order valence-corrected chi connectivity index (χ1v) is 4.16. The lowest BCUT2D eigenvalue weighted by Gasteiger charge is -1.98. The molecule has 0 aliphatic carbocycles. The van der Waals surface area contributed by atoms with Gasteiger partial charge in [0.05, 0.1) is 6.33 Å². The summed E-state index contributed by atoms with van der Waals surface area (Å²) in [5.74, 6) is 0. The average Bonchev–Trinajstić information content (AvgIpc) is 2.71.